The third-order valence-electron chi connectivity index (χ3n) is 3.61. The van der Waals surface area contributed by atoms with E-state index in [9.17, 15) is 10.1 Å². The number of nitrogens with one attached hydrogen (secondary N) is 2. The van der Waals surface area contributed by atoms with Gasteiger partial charge >= 0.3 is 0 Å². The Hall–Kier alpha value is -1.18. The quantitative estimate of drug-likeness (QED) is 0.378. The predicted molar refractivity (Wildman–Crippen MR) is 74.1 cm³/mol. The zero-order valence-corrected chi connectivity index (χ0v) is 11.8. The Morgan fingerprint density at radius 1 is 1.47 bits per heavy atom. The Morgan fingerprint density at radius 2 is 2.32 bits per heavy atom. The van der Waals surface area contributed by atoms with Gasteiger partial charge < -0.3 is 10.2 Å². The van der Waals surface area contributed by atoms with Crippen LogP contribution in [0.25, 0.3) is 0 Å². The van der Waals surface area contributed by atoms with Crippen LogP contribution in [0.2, 0.25) is 0 Å². The molecule has 0 radical (unpaired) electrons. The molecule has 0 aliphatic carbocycles. The van der Waals surface area contributed by atoms with Gasteiger partial charge in [0, 0.05) is 24.3 Å². The Bertz CT molecular complexity index is 519. The van der Waals surface area contributed by atoms with E-state index in [1.165, 1.54) is 6.07 Å². The lowest BCUT2D eigenvalue weighted by molar-refractivity contribution is -0.384. The molecule has 1 aromatic carbocycles. The number of nitro groups is 1. The Labute approximate surface area is 118 Å². The second-order valence-corrected chi connectivity index (χ2v) is 6.05. The monoisotopic (exact) mass is 327 g/mol. The topological polar surface area (TPSA) is 76.4 Å². The molecular formula is C12H14BrN3O3. The third kappa shape index (κ3) is 2.11. The molecular weight excluding hydrogens is 314 g/mol. The van der Waals surface area contributed by atoms with Crippen molar-refractivity contribution >= 4 is 27.3 Å². The van der Waals surface area contributed by atoms with E-state index >= 15 is 0 Å². The summed E-state index contributed by atoms with van der Waals surface area (Å²) in [6, 6.07) is 4.80. The first-order valence-corrected chi connectivity index (χ1v) is 7.03. The molecule has 2 unspecified atom stereocenters. The van der Waals surface area contributed by atoms with Gasteiger partial charge in [0.25, 0.3) is 5.69 Å². The highest BCUT2D eigenvalue weighted by Gasteiger charge is 2.45. The van der Waals surface area contributed by atoms with Gasteiger partial charge in [0.2, 0.25) is 0 Å². The standard InChI is InChI=1S/C12H14BrN3O3/c13-12(11-3-1-2-6-19-11)9-7-8(16(17)18)4-5-10(9)14-15-12/h4-5,7,11,14-15H,1-3,6H2. The number of hydrogen-bond donors (Lipinski definition) is 2. The molecule has 0 aromatic heterocycles. The fourth-order valence-electron chi connectivity index (χ4n) is 2.59. The number of alkyl halides is 1. The molecule has 2 heterocycles. The highest BCUT2D eigenvalue weighted by atomic mass is 79.9. The molecule has 2 aliphatic heterocycles. The molecule has 0 saturated carbocycles. The first-order chi connectivity index (χ1) is 9.11. The maximum Gasteiger partial charge on any atom is 0.269 e. The van der Waals surface area contributed by atoms with Gasteiger partial charge in [-0.1, -0.05) is 15.9 Å². The van der Waals surface area contributed by atoms with Gasteiger partial charge in [0.05, 0.1) is 16.7 Å². The van der Waals surface area contributed by atoms with Crippen molar-refractivity contribution in [1.82, 2.24) is 5.43 Å². The molecule has 0 amide bonds. The van der Waals surface area contributed by atoms with Gasteiger partial charge in [-0.05, 0) is 25.3 Å². The normalized spacial score (nSPS) is 29.6. The number of non-ortho nitro benzene ring substituents is 1. The van der Waals surface area contributed by atoms with Crippen molar-refractivity contribution in [3.05, 3.63) is 33.9 Å². The van der Waals surface area contributed by atoms with Gasteiger partial charge in [-0.2, -0.15) is 0 Å². The number of fused-ring (bicyclic) bond motifs is 1. The van der Waals surface area contributed by atoms with Crippen LogP contribution < -0.4 is 10.9 Å². The molecule has 3 rings (SSSR count). The van der Waals surface area contributed by atoms with Crippen LogP contribution in [-0.2, 0) is 9.19 Å². The average molecular weight is 328 g/mol. The zero-order chi connectivity index (χ0) is 13.5. The fraction of sp³-hybridized carbons (Fsp3) is 0.500. The summed E-state index contributed by atoms with van der Waals surface area (Å²) in [6.07, 6.45) is 3.04. The van der Waals surface area contributed by atoms with E-state index in [0.29, 0.717) is 0 Å². The Morgan fingerprint density at radius 3 is 3.00 bits per heavy atom. The smallest absolute Gasteiger partial charge is 0.269 e. The highest BCUT2D eigenvalue weighted by Crippen LogP contribution is 2.45. The van der Waals surface area contributed by atoms with Crippen LogP contribution in [0.3, 0.4) is 0 Å². The number of ether oxygens (including phenoxy) is 1. The lowest BCUT2D eigenvalue weighted by Crippen LogP contribution is -2.47. The minimum absolute atomic E-state index is 0.0444. The predicted octanol–water partition coefficient (Wildman–Crippen LogP) is 2.64. The van der Waals surface area contributed by atoms with Crippen molar-refractivity contribution in [1.29, 1.82) is 0 Å². The average Bonchev–Trinajstić information content (AvgIpc) is 2.78. The molecule has 6 nitrogen and oxygen atoms in total. The molecule has 2 atom stereocenters. The summed E-state index contributed by atoms with van der Waals surface area (Å²) in [5, 5.41) is 10.9. The second-order valence-electron chi connectivity index (χ2n) is 4.80. The van der Waals surface area contributed by atoms with E-state index in [4.69, 9.17) is 4.74 Å². The fourth-order valence-corrected chi connectivity index (χ4v) is 3.38. The van der Waals surface area contributed by atoms with Crippen LogP contribution in [-0.4, -0.2) is 17.6 Å². The summed E-state index contributed by atoms with van der Waals surface area (Å²) in [7, 11) is 0. The molecule has 1 fully saturated rings. The molecule has 2 N–H and O–H groups in total. The lowest BCUT2D eigenvalue weighted by Gasteiger charge is -2.34. The minimum Gasteiger partial charge on any atom is -0.375 e. The lowest BCUT2D eigenvalue weighted by atomic mass is 9.96. The largest absolute Gasteiger partial charge is 0.375 e. The van der Waals surface area contributed by atoms with Crippen molar-refractivity contribution < 1.29 is 9.66 Å². The number of nitrogens with zero attached hydrogens (tertiary/aromatic N) is 1. The summed E-state index contributed by atoms with van der Waals surface area (Å²) in [6.45, 7) is 0.726. The van der Waals surface area contributed by atoms with E-state index in [0.717, 1.165) is 37.1 Å². The molecule has 2 aliphatic rings. The molecule has 102 valence electrons. The van der Waals surface area contributed by atoms with Crippen LogP contribution >= 0.6 is 15.9 Å². The van der Waals surface area contributed by atoms with Crippen molar-refractivity contribution in [2.45, 2.75) is 29.8 Å². The van der Waals surface area contributed by atoms with E-state index in [1.54, 1.807) is 12.1 Å². The molecule has 19 heavy (non-hydrogen) atoms. The van der Waals surface area contributed by atoms with Crippen LogP contribution in [0.15, 0.2) is 18.2 Å². The second kappa shape index (κ2) is 4.73. The molecule has 1 saturated heterocycles. The van der Waals surface area contributed by atoms with E-state index in [2.05, 4.69) is 26.8 Å². The number of anilines is 1. The summed E-state index contributed by atoms with van der Waals surface area (Å²) in [5.74, 6) is 0. The van der Waals surface area contributed by atoms with Crippen LogP contribution in [0, 0.1) is 10.1 Å². The number of hydrazine groups is 1. The van der Waals surface area contributed by atoms with Crippen LogP contribution in [0.1, 0.15) is 24.8 Å². The summed E-state index contributed by atoms with van der Waals surface area (Å²) >= 11 is 3.67. The number of benzene rings is 1. The van der Waals surface area contributed by atoms with Crippen LogP contribution in [0.5, 0.6) is 0 Å². The maximum absolute atomic E-state index is 10.9. The van der Waals surface area contributed by atoms with E-state index in [-0.39, 0.29) is 16.7 Å². The van der Waals surface area contributed by atoms with E-state index < -0.39 is 4.45 Å². The third-order valence-corrected chi connectivity index (χ3v) is 4.74. The van der Waals surface area contributed by atoms with Gasteiger partial charge in [-0.3, -0.25) is 10.1 Å². The molecule has 0 bridgehead atoms. The SMILES string of the molecule is O=[N+]([O-])c1ccc2c(c1)C(Br)(C1CCCCO1)NN2. The number of hydrogen-bond acceptors (Lipinski definition) is 5. The van der Waals surface area contributed by atoms with Gasteiger partial charge in [-0.15, -0.1) is 0 Å². The first-order valence-electron chi connectivity index (χ1n) is 6.24. The maximum atomic E-state index is 10.9. The van der Waals surface area contributed by atoms with Crippen molar-refractivity contribution in [2.24, 2.45) is 0 Å². The minimum atomic E-state index is -0.602. The summed E-state index contributed by atoms with van der Waals surface area (Å²) < 4.78 is 5.20. The van der Waals surface area contributed by atoms with Crippen LogP contribution in [0.4, 0.5) is 11.4 Å². The van der Waals surface area contributed by atoms with Crippen molar-refractivity contribution in [2.75, 3.05) is 12.0 Å². The van der Waals surface area contributed by atoms with Gasteiger partial charge in [-0.25, -0.2) is 5.43 Å². The Balaban J connectivity index is 1.98. The zero-order valence-electron chi connectivity index (χ0n) is 10.2. The molecule has 7 heteroatoms. The number of rotatable bonds is 2. The number of halogens is 1. The van der Waals surface area contributed by atoms with Gasteiger partial charge in [0.15, 0.2) is 0 Å². The van der Waals surface area contributed by atoms with E-state index in [1.807, 2.05) is 0 Å². The summed E-state index contributed by atoms with van der Waals surface area (Å²) in [5.41, 5.74) is 7.97. The molecule has 0 spiro atoms. The van der Waals surface area contributed by atoms with Crippen molar-refractivity contribution in [3.63, 3.8) is 0 Å². The Kier molecular flexibility index (Phi) is 3.20. The number of nitro benzene ring substituents is 1. The first kappa shape index (κ1) is 12.8. The van der Waals surface area contributed by atoms with Gasteiger partial charge in [0.1, 0.15) is 4.45 Å². The van der Waals surface area contributed by atoms with Crippen molar-refractivity contribution in [3.8, 4) is 0 Å². The summed E-state index contributed by atoms with van der Waals surface area (Å²) in [4.78, 5) is 10.5. The highest BCUT2D eigenvalue weighted by molar-refractivity contribution is 9.09. The molecule has 1 aromatic rings.